The number of aromatic nitrogens is 2. The van der Waals surface area contributed by atoms with Crippen molar-refractivity contribution >= 4 is 0 Å². The molecule has 0 spiro atoms. The second kappa shape index (κ2) is 4.90. The average Bonchev–Trinajstić information content (AvgIpc) is 2.50. The molecule has 0 saturated carbocycles. The number of nitrogens with two attached hydrogens (primary N) is 1. The normalized spacial score (nSPS) is 10.5. The zero-order chi connectivity index (χ0) is 8.81. The minimum absolute atomic E-state index is 0.137. The van der Waals surface area contributed by atoms with Crippen LogP contribution < -0.4 is 5.73 Å². The fraction of sp³-hybridized carbons (Fsp3) is 0.625. The minimum Gasteiger partial charge on any atom is -0.394 e. The Kier molecular flexibility index (Phi) is 3.76. The highest BCUT2D eigenvalue weighted by molar-refractivity contribution is 5.03. The Bertz CT molecular complexity index is 222. The highest BCUT2D eigenvalue weighted by Crippen LogP contribution is 2.00. The highest BCUT2D eigenvalue weighted by atomic mass is 16.3. The van der Waals surface area contributed by atoms with E-state index in [2.05, 4.69) is 5.10 Å². The SMILES string of the molecule is NCCCc1cnn(CCO)c1. The monoisotopic (exact) mass is 169 g/mol. The molecule has 4 nitrogen and oxygen atoms in total. The topological polar surface area (TPSA) is 64.1 Å². The molecule has 0 unspecified atom stereocenters. The van der Waals surface area contributed by atoms with Crippen molar-refractivity contribution in [1.29, 1.82) is 0 Å². The quantitative estimate of drug-likeness (QED) is 0.639. The predicted octanol–water partition coefficient (Wildman–Crippen LogP) is -0.233. The molecule has 0 radical (unpaired) electrons. The highest BCUT2D eigenvalue weighted by Gasteiger charge is 1.96. The third-order valence-electron chi connectivity index (χ3n) is 1.69. The average molecular weight is 169 g/mol. The van der Waals surface area contributed by atoms with Crippen molar-refractivity contribution in [2.45, 2.75) is 19.4 Å². The van der Waals surface area contributed by atoms with Crippen LogP contribution in [-0.4, -0.2) is 28.0 Å². The first kappa shape index (κ1) is 9.22. The standard InChI is InChI=1S/C8H15N3O/c9-3-1-2-8-6-10-11(7-8)4-5-12/h6-7,12H,1-5,9H2. The van der Waals surface area contributed by atoms with E-state index in [1.165, 1.54) is 5.56 Å². The Morgan fingerprint density at radius 3 is 3.08 bits per heavy atom. The van der Waals surface area contributed by atoms with Crippen molar-refractivity contribution in [3.05, 3.63) is 18.0 Å². The summed E-state index contributed by atoms with van der Waals surface area (Å²) in [7, 11) is 0. The van der Waals surface area contributed by atoms with Crippen LogP contribution in [0, 0.1) is 0 Å². The summed E-state index contributed by atoms with van der Waals surface area (Å²) in [5.41, 5.74) is 6.56. The minimum atomic E-state index is 0.137. The molecule has 0 amide bonds. The molecule has 0 saturated heterocycles. The van der Waals surface area contributed by atoms with Crippen molar-refractivity contribution in [2.24, 2.45) is 5.73 Å². The van der Waals surface area contributed by atoms with Crippen LogP contribution in [0.3, 0.4) is 0 Å². The molecule has 68 valence electrons. The van der Waals surface area contributed by atoms with Crippen molar-refractivity contribution in [3.8, 4) is 0 Å². The van der Waals surface area contributed by atoms with Gasteiger partial charge in [0.05, 0.1) is 19.3 Å². The Morgan fingerprint density at radius 1 is 1.58 bits per heavy atom. The first-order valence-electron chi connectivity index (χ1n) is 4.19. The van der Waals surface area contributed by atoms with Gasteiger partial charge in [-0.1, -0.05) is 0 Å². The van der Waals surface area contributed by atoms with Gasteiger partial charge in [0.25, 0.3) is 0 Å². The Morgan fingerprint density at radius 2 is 2.42 bits per heavy atom. The Labute approximate surface area is 72.0 Å². The van der Waals surface area contributed by atoms with Gasteiger partial charge in [0.2, 0.25) is 0 Å². The van der Waals surface area contributed by atoms with Crippen LogP contribution in [0.1, 0.15) is 12.0 Å². The van der Waals surface area contributed by atoms with E-state index in [1.54, 1.807) is 4.68 Å². The van der Waals surface area contributed by atoms with E-state index in [4.69, 9.17) is 10.8 Å². The number of aliphatic hydroxyl groups excluding tert-OH is 1. The van der Waals surface area contributed by atoms with E-state index in [0.717, 1.165) is 12.8 Å². The van der Waals surface area contributed by atoms with Crippen molar-refractivity contribution < 1.29 is 5.11 Å². The van der Waals surface area contributed by atoms with Gasteiger partial charge in [-0.25, -0.2) is 0 Å². The summed E-state index contributed by atoms with van der Waals surface area (Å²) in [6, 6.07) is 0. The van der Waals surface area contributed by atoms with Gasteiger partial charge in [-0.3, -0.25) is 4.68 Å². The van der Waals surface area contributed by atoms with Crippen LogP contribution in [0.4, 0.5) is 0 Å². The van der Waals surface area contributed by atoms with Crippen LogP contribution in [0.5, 0.6) is 0 Å². The van der Waals surface area contributed by atoms with Gasteiger partial charge >= 0.3 is 0 Å². The molecular formula is C8H15N3O. The molecule has 3 N–H and O–H groups in total. The molecular weight excluding hydrogens is 154 g/mol. The van der Waals surface area contributed by atoms with Gasteiger partial charge in [-0.2, -0.15) is 5.10 Å². The number of hydrogen-bond donors (Lipinski definition) is 2. The van der Waals surface area contributed by atoms with Crippen LogP contribution in [0.2, 0.25) is 0 Å². The maximum atomic E-state index is 8.62. The predicted molar refractivity (Wildman–Crippen MR) is 46.7 cm³/mol. The summed E-state index contributed by atoms with van der Waals surface area (Å²) in [6.45, 7) is 1.42. The summed E-state index contributed by atoms with van der Waals surface area (Å²) in [6.07, 6.45) is 5.74. The van der Waals surface area contributed by atoms with Gasteiger partial charge in [0.15, 0.2) is 0 Å². The molecule has 1 rings (SSSR count). The lowest BCUT2D eigenvalue weighted by Gasteiger charge is -1.95. The first-order chi connectivity index (χ1) is 5.86. The number of aliphatic hydroxyl groups is 1. The molecule has 1 heterocycles. The van der Waals surface area contributed by atoms with Crippen LogP contribution >= 0.6 is 0 Å². The number of nitrogens with zero attached hydrogens (tertiary/aromatic N) is 2. The second-order valence-corrected chi connectivity index (χ2v) is 2.73. The summed E-state index contributed by atoms with van der Waals surface area (Å²) < 4.78 is 1.74. The maximum absolute atomic E-state index is 8.62. The lowest BCUT2D eigenvalue weighted by Crippen LogP contribution is -2.02. The number of hydrogen-bond acceptors (Lipinski definition) is 3. The number of aryl methyl sites for hydroxylation is 1. The summed E-state index contributed by atoms with van der Waals surface area (Å²) in [5.74, 6) is 0. The Hall–Kier alpha value is -0.870. The van der Waals surface area contributed by atoms with E-state index in [1.807, 2.05) is 12.4 Å². The van der Waals surface area contributed by atoms with Crippen LogP contribution in [0.15, 0.2) is 12.4 Å². The van der Waals surface area contributed by atoms with Gasteiger partial charge in [-0.05, 0) is 24.9 Å². The van der Waals surface area contributed by atoms with E-state index in [0.29, 0.717) is 13.1 Å². The smallest absolute Gasteiger partial charge is 0.0640 e. The largest absolute Gasteiger partial charge is 0.394 e. The molecule has 0 aliphatic heterocycles. The first-order valence-corrected chi connectivity index (χ1v) is 4.19. The summed E-state index contributed by atoms with van der Waals surface area (Å²) in [5, 5.41) is 12.7. The molecule has 12 heavy (non-hydrogen) atoms. The Balaban J connectivity index is 2.41. The van der Waals surface area contributed by atoms with E-state index >= 15 is 0 Å². The maximum Gasteiger partial charge on any atom is 0.0640 e. The lowest BCUT2D eigenvalue weighted by atomic mass is 10.2. The fourth-order valence-electron chi connectivity index (χ4n) is 1.07. The lowest BCUT2D eigenvalue weighted by molar-refractivity contribution is 0.269. The van der Waals surface area contributed by atoms with Crippen molar-refractivity contribution in [3.63, 3.8) is 0 Å². The zero-order valence-electron chi connectivity index (χ0n) is 7.11. The number of rotatable bonds is 5. The van der Waals surface area contributed by atoms with Crippen LogP contribution in [-0.2, 0) is 13.0 Å². The molecule has 0 bridgehead atoms. The van der Waals surface area contributed by atoms with Crippen LogP contribution in [0.25, 0.3) is 0 Å². The van der Waals surface area contributed by atoms with Gasteiger partial charge in [0, 0.05) is 6.20 Å². The molecule has 0 fully saturated rings. The fourth-order valence-corrected chi connectivity index (χ4v) is 1.07. The molecule has 0 aliphatic rings. The molecule has 1 aromatic rings. The third-order valence-corrected chi connectivity index (χ3v) is 1.69. The second-order valence-electron chi connectivity index (χ2n) is 2.73. The zero-order valence-corrected chi connectivity index (χ0v) is 7.11. The van der Waals surface area contributed by atoms with E-state index in [9.17, 15) is 0 Å². The van der Waals surface area contributed by atoms with Gasteiger partial charge < -0.3 is 10.8 Å². The third kappa shape index (κ3) is 2.64. The molecule has 1 aromatic heterocycles. The van der Waals surface area contributed by atoms with Gasteiger partial charge in [0.1, 0.15) is 0 Å². The van der Waals surface area contributed by atoms with E-state index < -0.39 is 0 Å². The molecule has 0 atom stereocenters. The molecule has 0 aromatic carbocycles. The van der Waals surface area contributed by atoms with Gasteiger partial charge in [-0.15, -0.1) is 0 Å². The molecule has 0 aliphatic carbocycles. The summed E-state index contributed by atoms with van der Waals surface area (Å²) >= 11 is 0. The summed E-state index contributed by atoms with van der Waals surface area (Å²) in [4.78, 5) is 0. The molecule has 4 heteroatoms. The van der Waals surface area contributed by atoms with Crippen molar-refractivity contribution in [2.75, 3.05) is 13.2 Å². The van der Waals surface area contributed by atoms with Crippen molar-refractivity contribution in [1.82, 2.24) is 9.78 Å². The van der Waals surface area contributed by atoms with E-state index in [-0.39, 0.29) is 6.61 Å².